The van der Waals surface area contributed by atoms with E-state index in [0.717, 1.165) is 12.8 Å². The molecule has 13 heavy (non-hydrogen) atoms. The molecule has 3 heteroatoms. The zero-order valence-corrected chi connectivity index (χ0v) is 9.39. The predicted octanol–water partition coefficient (Wildman–Crippen LogP) is 2.65. The Kier molecular flexibility index (Phi) is 5.38. The van der Waals surface area contributed by atoms with Crippen LogP contribution in [0, 0.1) is 17.8 Å². The van der Waals surface area contributed by atoms with Crippen LogP contribution in [0.25, 0.3) is 0 Å². The van der Waals surface area contributed by atoms with Gasteiger partial charge in [0.1, 0.15) is 0 Å². The van der Waals surface area contributed by atoms with Crippen LogP contribution < -0.4 is 0 Å². The Morgan fingerprint density at radius 3 is 2.15 bits per heavy atom. The second kappa shape index (κ2) is 5.48. The van der Waals surface area contributed by atoms with Crippen molar-refractivity contribution in [3.63, 3.8) is 0 Å². The van der Waals surface area contributed by atoms with E-state index in [4.69, 9.17) is 4.74 Å². The van der Waals surface area contributed by atoms with Crippen molar-refractivity contribution in [1.29, 1.82) is 0 Å². The van der Waals surface area contributed by atoms with Gasteiger partial charge < -0.3 is 4.74 Å². The van der Waals surface area contributed by atoms with Crippen molar-refractivity contribution in [3.05, 3.63) is 0 Å². The predicted molar refractivity (Wildman–Crippen MR) is 54.9 cm³/mol. The van der Waals surface area contributed by atoms with Crippen molar-refractivity contribution in [2.45, 2.75) is 33.6 Å². The highest BCUT2D eigenvalue weighted by molar-refractivity contribution is 5.85. The molecule has 0 amide bonds. The summed E-state index contributed by atoms with van der Waals surface area (Å²) < 4.78 is 4.98. The van der Waals surface area contributed by atoms with E-state index in [1.165, 1.54) is 0 Å². The fraction of sp³-hybridized carbons (Fsp3) is 0.900. The average Bonchev–Trinajstić information content (AvgIpc) is 2.33. The average molecular weight is 207 g/mol. The monoisotopic (exact) mass is 206 g/mol. The molecule has 1 rings (SSSR count). The fourth-order valence-corrected chi connectivity index (χ4v) is 1.91. The van der Waals surface area contributed by atoms with E-state index in [0.29, 0.717) is 18.4 Å². The van der Waals surface area contributed by atoms with Crippen molar-refractivity contribution in [3.8, 4) is 0 Å². The lowest BCUT2D eigenvalue weighted by Gasteiger charge is -2.07. The maximum atomic E-state index is 11.3. The minimum Gasteiger partial charge on any atom is -0.466 e. The number of rotatable bonds is 2. The molecule has 2 nitrogen and oxygen atoms in total. The van der Waals surface area contributed by atoms with Gasteiger partial charge in [0.15, 0.2) is 0 Å². The number of ether oxygens (including phenoxy) is 1. The number of carbonyl (C=O) groups excluding carboxylic acids is 1. The molecule has 1 fully saturated rings. The van der Waals surface area contributed by atoms with Crippen LogP contribution in [0.5, 0.6) is 0 Å². The summed E-state index contributed by atoms with van der Waals surface area (Å²) >= 11 is 0. The first-order chi connectivity index (χ1) is 5.65. The van der Waals surface area contributed by atoms with Crippen LogP contribution in [0.15, 0.2) is 0 Å². The van der Waals surface area contributed by atoms with E-state index in [-0.39, 0.29) is 24.3 Å². The molecule has 3 atom stereocenters. The van der Waals surface area contributed by atoms with Crippen molar-refractivity contribution in [2.24, 2.45) is 17.8 Å². The smallest absolute Gasteiger partial charge is 0.308 e. The molecular weight excluding hydrogens is 188 g/mol. The van der Waals surface area contributed by atoms with Gasteiger partial charge in [0.25, 0.3) is 0 Å². The Hall–Kier alpha value is -0.240. The van der Waals surface area contributed by atoms with E-state index in [1.807, 2.05) is 6.92 Å². The van der Waals surface area contributed by atoms with Gasteiger partial charge in [-0.2, -0.15) is 0 Å². The molecule has 1 saturated carbocycles. The van der Waals surface area contributed by atoms with Gasteiger partial charge in [-0.1, -0.05) is 13.8 Å². The van der Waals surface area contributed by atoms with Crippen molar-refractivity contribution in [1.82, 2.24) is 0 Å². The Bertz CT molecular complexity index is 160. The Labute approximate surface area is 86.4 Å². The topological polar surface area (TPSA) is 26.3 Å². The van der Waals surface area contributed by atoms with Crippen LogP contribution >= 0.6 is 12.4 Å². The lowest BCUT2D eigenvalue weighted by molar-refractivity contribution is -0.147. The van der Waals surface area contributed by atoms with Crippen molar-refractivity contribution in [2.75, 3.05) is 6.61 Å². The summed E-state index contributed by atoms with van der Waals surface area (Å²) in [5.74, 6) is 1.54. The Balaban J connectivity index is 0.00000144. The normalized spacial score (nSPS) is 32.4. The number of hydrogen-bond donors (Lipinski definition) is 0. The van der Waals surface area contributed by atoms with Gasteiger partial charge in [0, 0.05) is 0 Å². The van der Waals surface area contributed by atoms with Gasteiger partial charge in [-0.25, -0.2) is 0 Å². The van der Waals surface area contributed by atoms with Crippen LogP contribution in [0.4, 0.5) is 0 Å². The standard InChI is InChI=1S/C10H18O2.ClH/c1-4-12-10(11)9-5-7(2)8(3)6-9;/h7-9H,4-6H2,1-3H3;1H/t7-,8+,9?;. The quantitative estimate of drug-likeness (QED) is 0.650. The second-order valence-corrected chi connectivity index (χ2v) is 3.87. The van der Waals surface area contributed by atoms with Gasteiger partial charge in [-0.3, -0.25) is 4.79 Å². The van der Waals surface area contributed by atoms with Crippen LogP contribution in [0.1, 0.15) is 33.6 Å². The fourth-order valence-electron chi connectivity index (χ4n) is 1.91. The molecule has 0 radical (unpaired) electrons. The van der Waals surface area contributed by atoms with E-state index >= 15 is 0 Å². The summed E-state index contributed by atoms with van der Waals surface area (Å²) in [7, 11) is 0. The number of hydrogen-bond acceptors (Lipinski definition) is 2. The first-order valence-corrected chi connectivity index (χ1v) is 4.81. The third-order valence-electron chi connectivity index (χ3n) is 2.90. The molecule has 0 aliphatic heterocycles. The van der Waals surface area contributed by atoms with E-state index < -0.39 is 0 Å². The molecule has 0 N–H and O–H groups in total. The summed E-state index contributed by atoms with van der Waals surface area (Å²) in [6.45, 7) is 6.80. The minimum absolute atomic E-state index is 0. The van der Waals surface area contributed by atoms with Crippen LogP contribution in [0.3, 0.4) is 0 Å². The first-order valence-electron chi connectivity index (χ1n) is 4.81. The molecule has 0 aromatic carbocycles. The minimum atomic E-state index is 0. The maximum absolute atomic E-state index is 11.3. The summed E-state index contributed by atoms with van der Waals surface area (Å²) in [5.41, 5.74) is 0. The molecule has 0 aromatic heterocycles. The highest BCUT2D eigenvalue weighted by atomic mass is 35.5. The summed E-state index contributed by atoms with van der Waals surface area (Å²) in [4.78, 5) is 11.3. The number of esters is 1. The third-order valence-corrected chi connectivity index (χ3v) is 2.90. The number of carbonyl (C=O) groups is 1. The molecule has 1 unspecified atom stereocenters. The molecule has 1 aliphatic carbocycles. The van der Waals surface area contributed by atoms with Gasteiger partial charge in [-0.15, -0.1) is 12.4 Å². The SMILES string of the molecule is CCOC(=O)C1C[C@@H](C)[C@@H](C)C1.Cl. The van der Waals surface area contributed by atoms with Crippen molar-refractivity contribution >= 4 is 18.4 Å². The summed E-state index contributed by atoms with van der Waals surface area (Å²) in [6.07, 6.45) is 2.03. The maximum Gasteiger partial charge on any atom is 0.308 e. The number of halogens is 1. The molecule has 78 valence electrons. The summed E-state index contributed by atoms with van der Waals surface area (Å²) in [5, 5.41) is 0. The van der Waals surface area contributed by atoms with E-state index in [2.05, 4.69) is 13.8 Å². The highest BCUT2D eigenvalue weighted by Gasteiger charge is 2.33. The Morgan fingerprint density at radius 2 is 1.77 bits per heavy atom. The third kappa shape index (κ3) is 3.18. The lowest BCUT2D eigenvalue weighted by atomic mass is 10.0. The van der Waals surface area contributed by atoms with Crippen LogP contribution in [-0.4, -0.2) is 12.6 Å². The van der Waals surface area contributed by atoms with Gasteiger partial charge >= 0.3 is 5.97 Å². The molecule has 0 aromatic rings. The molecule has 1 aliphatic rings. The molecule has 0 heterocycles. The zero-order chi connectivity index (χ0) is 9.14. The van der Waals surface area contributed by atoms with Crippen LogP contribution in [0.2, 0.25) is 0 Å². The zero-order valence-electron chi connectivity index (χ0n) is 8.58. The first kappa shape index (κ1) is 12.8. The second-order valence-electron chi connectivity index (χ2n) is 3.87. The molecule has 0 saturated heterocycles. The highest BCUT2D eigenvalue weighted by Crippen LogP contribution is 2.36. The largest absolute Gasteiger partial charge is 0.466 e. The van der Waals surface area contributed by atoms with Gasteiger partial charge in [0.05, 0.1) is 12.5 Å². The lowest BCUT2D eigenvalue weighted by Crippen LogP contribution is -2.14. The summed E-state index contributed by atoms with van der Waals surface area (Å²) in [6, 6.07) is 0. The van der Waals surface area contributed by atoms with Crippen molar-refractivity contribution < 1.29 is 9.53 Å². The van der Waals surface area contributed by atoms with Crippen LogP contribution in [-0.2, 0) is 9.53 Å². The van der Waals surface area contributed by atoms with E-state index in [1.54, 1.807) is 0 Å². The molecule has 0 spiro atoms. The van der Waals surface area contributed by atoms with E-state index in [9.17, 15) is 4.79 Å². The van der Waals surface area contributed by atoms with Gasteiger partial charge in [-0.05, 0) is 31.6 Å². The molecular formula is C10H19ClO2. The molecule has 0 bridgehead atoms. The van der Waals surface area contributed by atoms with Gasteiger partial charge in [0.2, 0.25) is 0 Å². The Morgan fingerprint density at radius 1 is 1.31 bits per heavy atom.